The first-order valence-corrected chi connectivity index (χ1v) is 6.25. The van der Waals surface area contributed by atoms with Gasteiger partial charge >= 0.3 is 0 Å². The lowest BCUT2D eigenvalue weighted by molar-refractivity contribution is -0.271. The van der Waals surface area contributed by atoms with Crippen molar-refractivity contribution in [3.05, 3.63) is 12.8 Å². The minimum Gasteiger partial charge on any atom is -0.499 e. The number of ether oxygens (including phenoxy) is 3. The van der Waals surface area contributed by atoms with Crippen molar-refractivity contribution in [2.75, 3.05) is 19.8 Å². The highest BCUT2D eigenvalue weighted by molar-refractivity contribution is 5.73. The van der Waals surface area contributed by atoms with E-state index in [2.05, 4.69) is 11.9 Å². The zero-order valence-corrected chi connectivity index (χ0v) is 11.3. The van der Waals surface area contributed by atoms with Gasteiger partial charge in [-0.25, -0.2) is 0 Å². The van der Waals surface area contributed by atoms with Crippen LogP contribution in [-0.4, -0.2) is 71.7 Å². The van der Waals surface area contributed by atoms with E-state index in [9.17, 15) is 15.0 Å². The van der Waals surface area contributed by atoms with Crippen molar-refractivity contribution >= 4 is 5.91 Å². The molecule has 0 aromatic carbocycles. The molecule has 1 aliphatic heterocycles. The van der Waals surface area contributed by atoms with Crippen molar-refractivity contribution in [1.29, 1.82) is 0 Å². The predicted octanol–water partition coefficient (Wildman–Crippen LogP) is -1.89. The average molecular weight is 291 g/mol. The number of hydrogen-bond acceptors (Lipinski definition) is 7. The number of nitrogens with one attached hydrogen (secondary N) is 1. The number of carbonyl (C=O) groups is 1. The molecule has 1 rings (SSSR count). The summed E-state index contributed by atoms with van der Waals surface area (Å²) in [5.74, 6) is -0.400. The van der Waals surface area contributed by atoms with Crippen LogP contribution in [-0.2, 0) is 19.0 Å². The maximum Gasteiger partial charge on any atom is 0.217 e. The van der Waals surface area contributed by atoms with E-state index in [-0.39, 0.29) is 13.2 Å². The molecule has 1 amide bonds. The van der Waals surface area contributed by atoms with Gasteiger partial charge in [-0.3, -0.25) is 4.79 Å². The Morgan fingerprint density at radius 3 is 2.65 bits per heavy atom. The fraction of sp³-hybridized carbons (Fsp3) is 0.750. The second-order valence-electron chi connectivity index (χ2n) is 4.34. The molecule has 0 spiro atoms. The summed E-state index contributed by atoms with van der Waals surface area (Å²) in [6.45, 7) is 4.52. The lowest BCUT2D eigenvalue weighted by atomic mass is 9.97. The van der Waals surface area contributed by atoms with Crippen molar-refractivity contribution in [1.82, 2.24) is 5.32 Å². The van der Waals surface area contributed by atoms with E-state index < -0.39 is 43.2 Å². The summed E-state index contributed by atoms with van der Waals surface area (Å²) in [6, 6.07) is -0.936. The summed E-state index contributed by atoms with van der Waals surface area (Å²) in [4.78, 5) is 11.1. The van der Waals surface area contributed by atoms with Crippen LogP contribution in [0, 0.1) is 0 Å². The van der Waals surface area contributed by atoms with E-state index in [1.54, 1.807) is 0 Å². The summed E-state index contributed by atoms with van der Waals surface area (Å²) < 4.78 is 15.6. The first-order chi connectivity index (χ1) is 9.51. The monoisotopic (exact) mass is 291 g/mol. The Bertz CT molecular complexity index is 325. The number of hydrogen-bond donors (Lipinski definition) is 4. The SMILES string of the molecule is C=COCCO[C@@H]1O[C@H](CO)[C@@H](O)[C@H](O)[C@H]1NC(C)=O. The molecule has 116 valence electrons. The van der Waals surface area contributed by atoms with Crippen LogP contribution in [0.15, 0.2) is 12.8 Å². The van der Waals surface area contributed by atoms with E-state index >= 15 is 0 Å². The minimum atomic E-state index is -1.32. The van der Waals surface area contributed by atoms with Gasteiger partial charge in [0.1, 0.15) is 31.0 Å². The van der Waals surface area contributed by atoms with Gasteiger partial charge in [-0.1, -0.05) is 6.58 Å². The molecular formula is C12H21NO7. The summed E-state index contributed by atoms with van der Waals surface area (Å²) in [5.41, 5.74) is 0. The maximum absolute atomic E-state index is 11.1. The third-order valence-corrected chi connectivity index (χ3v) is 2.85. The van der Waals surface area contributed by atoms with Gasteiger partial charge in [0.15, 0.2) is 6.29 Å². The van der Waals surface area contributed by atoms with Crippen LogP contribution in [0.4, 0.5) is 0 Å². The summed E-state index contributed by atoms with van der Waals surface area (Å²) in [5, 5.41) is 31.3. The van der Waals surface area contributed by atoms with Gasteiger partial charge < -0.3 is 34.8 Å². The Morgan fingerprint density at radius 1 is 1.40 bits per heavy atom. The van der Waals surface area contributed by atoms with Crippen molar-refractivity contribution < 1.29 is 34.3 Å². The first kappa shape index (κ1) is 16.9. The first-order valence-electron chi connectivity index (χ1n) is 6.25. The van der Waals surface area contributed by atoms with Crippen LogP contribution in [0.25, 0.3) is 0 Å². The fourth-order valence-corrected chi connectivity index (χ4v) is 1.91. The van der Waals surface area contributed by atoms with Gasteiger partial charge in [-0.2, -0.15) is 0 Å². The zero-order valence-electron chi connectivity index (χ0n) is 11.3. The fourth-order valence-electron chi connectivity index (χ4n) is 1.91. The second-order valence-corrected chi connectivity index (χ2v) is 4.34. The topological polar surface area (TPSA) is 117 Å². The third-order valence-electron chi connectivity index (χ3n) is 2.85. The second kappa shape index (κ2) is 8.18. The molecule has 0 unspecified atom stereocenters. The van der Waals surface area contributed by atoms with Gasteiger partial charge in [0.05, 0.1) is 19.5 Å². The quantitative estimate of drug-likeness (QED) is 0.320. The Hall–Kier alpha value is -1.19. The molecule has 0 aliphatic carbocycles. The van der Waals surface area contributed by atoms with Crippen LogP contribution in [0.3, 0.4) is 0 Å². The smallest absolute Gasteiger partial charge is 0.217 e. The Balaban J connectivity index is 2.67. The largest absolute Gasteiger partial charge is 0.499 e. The van der Waals surface area contributed by atoms with Crippen LogP contribution >= 0.6 is 0 Å². The normalized spacial score (nSPS) is 33.5. The summed E-state index contributed by atoms with van der Waals surface area (Å²) >= 11 is 0. The highest BCUT2D eigenvalue weighted by atomic mass is 16.7. The highest BCUT2D eigenvalue weighted by Gasteiger charge is 2.45. The molecule has 20 heavy (non-hydrogen) atoms. The molecule has 1 heterocycles. The number of carbonyl (C=O) groups excluding carboxylic acids is 1. The molecule has 0 aromatic rings. The van der Waals surface area contributed by atoms with Gasteiger partial charge in [0, 0.05) is 6.92 Å². The van der Waals surface area contributed by atoms with Crippen molar-refractivity contribution in [2.24, 2.45) is 0 Å². The molecule has 0 bridgehead atoms. The molecule has 5 atom stereocenters. The molecule has 1 aliphatic rings. The van der Waals surface area contributed by atoms with E-state index in [0.29, 0.717) is 0 Å². The van der Waals surface area contributed by atoms with Gasteiger partial charge in [0.2, 0.25) is 5.91 Å². The number of aliphatic hydroxyl groups excluding tert-OH is 3. The van der Waals surface area contributed by atoms with E-state index in [0.717, 1.165) is 0 Å². The lowest BCUT2D eigenvalue weighted by Gasteiger charge is -2.42. The van der Waals surface area contributed by atoms with Crippen molar-refractivity contribution in [3.63, 3.8) is 0 Å². The maximum atomic E-state index is 11.1. The van der Waals surface area contributed by atoms with Gasteiger partial charge in [0.25, 0.3) is 0 Å². The van der Waals surface area contributed by atoms with E-state index in [1.165, 1.54) is 13.2 Å². The lowest BCUT2D eigenvalue weighted by Crippen LogP contribution is -2.64. The van der Waals surface area contributed by atoms with E-state index in [4.69, 9.17) is 19.3 Å². The van der Waals surface area contributed by atoms with Crippen LogP contribution in [0.1, 0.15) is 6.92 Å². The molecule has 1 fully saturated rings. The number of rotatable bonds is 7. The zero-order chi connectivity index (χ0) is 15.1. The van der Waals surface area contributed by atoms with Gasteiger partial charge in [-0.05, 0) is 0 Å². The third kappa shape index (κ3) is 4.43. The Labute approximate surface area is 116 Å². The molecule has 4 N–H and O–H groups in total. The minimum absolute atomic E-state index is 0.133. The predicted molar refractivity (Wildman–Crippen MR) is 67.5 cm³/mol. The van der Waals surface area contributed by atoms with Crippen molar-refractivity contribution in [2.45, 2.75) is 37.6 Å². The van der Waals surface area contributed by atoms with Crippen LogP contribution in [0.5, 0.6) is 0 Å². The van der Waals surface area contributed by atoms with Crippen LogP contribution < -0.4 is 5.32 Å². The molecule has 0 aromatic heterocycles. The van der Waals surface area contributed by atoms with Crippen LogP contribution in [0.2, 0.25) is 0 Å². The highest BCUT2D eigenvalue weighted by Crippen LogP contribution is 2.22. The molecule has 0 saturated carbocycles. The standard InChI is InChI=1S/C12H21NO7/c1-3-18-4-5-19-12-9(13-7(2)15)11(17)10(16)8(6-14)20-12/h3,8-12,14,16-17H,1,4-6H2,2H3,(H,13,15)/t8-,9-,10-,11-,12-/m1/s1. The molecule has 8 nitrogen and oxygen atoms in total. The van der Waals surface area contributed by atoms with Gasteiger partial charge in [-0.15, -0.1) is 0 Å². The van der Waals surface area contributed by atoms with E-state index in [1.807, 2.05) is 0 Å². The molecular weight excluding hydrogens is 270 g/mol. The Kier molecular flexibility index (Phi) is 6.89. The number of amides is 1. The molecule has 1 saturated heterocycles. The summed E-state index contributed by atoms with van der Waals surface area (Å²) in [7, 11) is 0. The number of aliphatic hydroxyl groups is 3. The molecule has 8 heteroatoms. The summed E-state index contributed by atoms with van der Waals surface area (Å²) in [6.07, 6.45) is -3.36. The van der Waals surface area contributed by atoms with Crippen molar-refractivity contribution in [3.8, 4) is 0 Å². The average Bonchev–Trinajstić information content (AvgIpc) is 2.41. The Morgan fingerprint density at radius 2 is 2.10 bits per heavy atom. The molecule has 0 radical (unpaired) electrons.